The molecule has 1 aliphatic carbocycles. The molecule has 1 rings (SSSR count). The van der Waals surface area contributed by atoms with Gasteiger partial charge in [-0.25, -0.2) is 0 Å². The van der Waals surface area contributed by atoms with Gasteiger partial charge in [0, 0.05) is 31.6 Å². The average molecular weight is 320 g/mol. The maximum atomic E-state index is 5.28. The van der Waals surface area contributed by atoms with Crippen LogP contribution in [0.5, 0.6) is 0 Å². The number of methoxy groups -OCH3 is 1. The first-order valence-electron chi connectivity index (χ1n) is 7.41. The van der Waals surface area contributed by atoms with E-state index in [0.717, 1.165) is 30.4 Å². The minimum absolute atomic E-state index is 0.427. The number of hydrogen-bond donors (Lipinski definition) is 0. The third kappa shape index (κ3) is 4.50. The van der Waals surface area contributed by atoms with Crippen molar-refractivity contribution in [3.63, 3.8) is 0 Å². The van der Waals surface area contributed by atoms with Crippen molar-refractivity contribution in [2.75, 3.05) is 32.1 Å². The molecule has 0 heterocycles. The SMILES string of the molecule is CCC(CC)(CBr)CN(CCOC)C(C)C1CC1. The molecule has 1 aliphatic rings. The number of nitrogens with zero attached hydrogens (tertiary/aromatic N) is 1. The number of rotatable bonds is 10. The molecule has 0 bridgehead atoms. The summed E-state index contributed by atoms with van der Waals surface area (Å²) >= 11 is 3.73. The van der Waals surface area contributed by atoms with Gasteiger partial charge in [0.25, 0.3) is 0 Å². The molecule has 2 nitrogen and oxygen atoms in total. The summed E-state index contributed by atoms with van der Waals surface area (Å²) < 4.78 is 5.28. The van der Waals surface area contributed by atoms with Crippen molar-refractivity contribution in [1.82, 2.24) is 4.90 Å². The van der Waals surface area contributed by atoms with E-state index in [9.17, 15) is 0 Å². The fourth-order valence-corrected chi connectivity index (χ4v) is 3.62. The van der Waals surface area contributed by atoms with Crippen molar-refractivity contribution in [2.24, 2.45) is 11.3 Å². The molecule has 1 unspecified atom stereocenters. The van der Waals surface area contributed by atoms with Crippen LogP contribution in [0.25, 0.3) is 0 Å². The summed E-state index contributed by atoms with van der Waals surface area (Å²) in [6, 6.07) is 0.719. The molecule has 0 spiro atoms. The standard InChI is InChI=1S/C15H30BrNO/c1-5-15(6-2,11-16)12-17(9-10-18-4)13(3)14-7-8-14/h13-14H,5-12H2,1-4H3. The second-order valence-electron chi connectivity index (χ2n) is 5.88. The highest BCUT2D eigenvalue weighted by molar-refractivity contribution is 9.09. The summed E-state index contributed by atoms with van der Waals surface area (Å²) in [7, 11) is 1.80. The van der Waals surface area contributed by atoms with Crippen LogP contribution in [0, 0.1) is 11.3 Å². The van der Waals surface area contributed by atoms with Crippen molar-refractivity contribution in [3.8, 4) is 0 Å². The molecule has 0 aromatic rings. The predicted molar refractivity (Wildman–Crippen MR) is 82.4 cm³/mol. The highest BCUT2D eigenvalue weighted by atomic mass is 79.9. The minimum atomic E-state index is 0.427. The molecule has 1 atom stereocenters. The Morgan fingerprint density at radius 2 is 1.94 bits per heavy atom. The Hall–Kier alpha value is 0.400. The zero-order valence-electron chi connectivity index (χ0n) is 12.5. The Balaban J connectivity index is 2.62. The van der Waals surface area contributed by atoms with Gasteiger partial charge in [-0.2, -0.15) is 0 Å². The zero-order valence-corrected chi connectivity index (χ0v) is 14.1. The van der Waals surface area contributed by atoms with Gasteiger partial charge in [-0.3, -0.25) is 4.90 Å². The third-order valence-electron chi connectivity index (χ3n) is 4.78. The quantitative estimate of drug-likeness (QED) is 0.566. The Morgan fingerprint density at radius 3 is 2.33 bits per heavy atom. The highest BCUT2D eigenvalue weighted by Gasteiger charge is 2.35. The Labute approximate surface area is 122 Å². The Morgan fingerprint density at radius 1 is 1.33 bits per heavy atom. The summed E-state index contributed by atoms with van der Waals surface area (Å²) in [4.78, 5) is 2.66. The topological polar surface area (TPSA) is 12.5 Å². The van der Waals surface area contributed by atoms with Crippen LogP contribution in [-0.2, 0) is 4.74 Å². The molecule has 3 heteroatoms. The minimum Gasteiger partial charge on any atom is -0.383 e. The van der Waals surface area contributed by atoms with Gasteiger partial charge >= 0.3 is 0 Å². The van der Waals surface area contributed by atoms with Crippen molar-refractivity contribution >= 4 is 15.9 Å². The Kier molecular flexibility index (Phi) is 7.19. The van der Waals surface area contributed by atoms with Gasteiger partial charge in [-0.1, -0.05) is 29.8 Å². The lowest BCUT2D eigenvalue weighted by Crippen LogP contribution is -2.45. The lowest BCUT2D eigenvalue weighted by molar-refractivity contribution is 0.0763. The average Bonchev–Trinajstić information content (AvgIpc) is 3.24. The van der Waals surface area contributed by atoms with Gasteiger partial charge in [0.05, 0.1) is 6.61 Å². The number of hydrogen-bond acceptors (Lipinski definition) is 2. The number of ether oxygens (including phenoxy) is 1. The molecular weight excluding hydrogens is 290 g/mol. The zero-order chi connectivity index (χ0) is 13.6. The molecule has 1 saturated carbocycles. The summed E-state index contributed by atoms with van der Waals surface area (Å²) in [6.45, 7) is 10.2. The third-order valence-corrected chi connectivity index (χ3v) is 5.97. The van der Waals surface area contributed by atoms with Crippen LogP contribution in [0.4, 0.5) is 0 Å². The van der Waals surface area contributed by atoms with E-state index in [-0.39, 0.29) is 0 Å². The van der Waals surface area contributed by atoms with Crippen LogP contribution < -0.4 is 0 Å². The largest absolute Gasteiger partial charge is 0.383 e. The van der Waals surface area contributed by atoms with E-state index in [1.54, 1.807) is 7.11 Å². The molecule has 0 radical (unpaired) electrons. The van der Waals surface area contributed by atoms with Crippen LogP contribution in [0.15, 0.2) is 0 Å². The van der Waals surface area contributed by atoms with Crippen LogP contribution in [0.1, 0.15) is 46.5 Å². The maximum Gasteiger partial charge on any atom is 0.0589 e. The summed E-state index contributed by atoms with van der Waals surface area (Å²) in [5.41, 5.74) is 0.427. The molecule has 0 N–H and O–H groups in total. The first-order chi connectivity index (χ1) is 8.62. The van der Waals surface area contributed by atoms with E-state index in [1.807, 2.05) is 0 Å². The number of halogens is 1. The van der Waals surface area contributed by atoms with Gasteiger partial charge in [0.1, 0.15) is 0 Å². The lowest BCUT2D eigenvalue weighted by atomic mass is 9.83. The smallest absolute Gasteiger partial charge is 0.0589 e. The summed E-state index contributed by atoms with van der Waals surface area (Å²) in [5, 5.41) is 1.11. The van der Waals surface area contributed by atoms with Crippen LogP contribution in [0.2, 0.25) is 0 Å². The van der Waals surface area contributed by atoms with E-state index in [0.29, 0.717) is 5.41 Å². The molecule has 0 aliphatic heterocycles. The summed E-state index contributed by atoms with van der Waals surface area (Å²) in [5.74, 6) is 0.934. The molecule has 0 amide bonds. The van der Waals surface area contributed by atoms with E-state index in [2.05, 4.69) is 41.6 Å². The van der Waals surface area contributed by atoms with Gasteiger partial charge in [0.2, 0.25) is 0 Å². The second kappa shape index (κ2) is 7.86. The first-order valence-corrected chi connectivity index (χ1v) is 8.53. The van der Waals surface area contributed by atoms with E-state index >= 15 is 0 Å². The molecule has 1 fully saturated rings. The van der Waals surface area contributed by atoms with E-state index < -0.39 is 0 Å². The van der Waals surface area contributed by atoms with Crippen LogP contribution in [0.3, 0.4) is 0 Å². The van der Waals surface area contributed by atoms with Crippen LogP contribution >= 0.6 is 15.9 Å². The van der Waals surface area contributed by atoms with Gasteiger partial charge in [-0.05, 0) is 43.9 Å². The highest BCUT2D eigenvalue weighted by Crippen LogP contribution is 2.37. The van der Waals surface area contributed by atoms with E-state index in [1.165, 1.54) is 32.2 Å². The first kappa shape index (κ1) is 16.5. The fourth-order valence-electron chi connectivity index (χ4n) is 2.65. The lowest BCUT2D eigenvalue weighted by Gasteiger charge is -2.39. The molecular formula is C15H30BrNO. The summed E-state index contributed by atoms with van der Waals surface area (Å²) in [6.07, 6.45) is 5.33. The fraction of sp³-hybridized carbons (Fsp3) is 1.00. The molecule has 0 saturated heterocycles. The maximum absolute atomic E-state index is 5.28. The molecule has 0 aromatic heterocycles. The second-order valence-corrected chi connectivity index (χ2v) is 6.44. The van der Waals surface area contributed by atoms with Crippen molar-refractivity contribution in [1.29, 1.82) is 0 Å². The molecule has 108 valence electrons. The van der Waals surface area contributed by atoms with Crippen molar-refractivity contribution in [3.05, 3.63) is 0 Å². The predicted octanol–water partition coefficient (Wildman–Crippen LogP) is 3.93. The molecule has 0 aromatic carbocycles. The molecule has 18 heavy (non-hydrogen) atoms. The van der Waals surface area contributed by atoms with E-state index in [4.69, 9.17) is 4.74 Å². The van der Waals surface area contributed by atoms with Gasteiger partial charge < -0.3 is 4.74 Å². The van der Waals surface area contributed by atoms with Crippen molar-refractivity contribution < 1.29 is 4.74 Å². The van der Waals surface area contributed by atoms with Gasteiger partial charge in [0.15, 0.2) is 0 Å². The van der Waals surface area contributed by atoms with Crippen molar-refractivity contribution in [2.45, 2.75) is 52.5 Å². The normalized spacial score (nSPS) is 18.3. The Bertz CT molecular complexity index is 218. The van der Waals surface area contributed by atoms with Crippen LogP contribution in [-0.4, -0.2) is 43.1 Å². The monoisotopic (exact) mass is 319 g/mol. The van der Waals surface area contributed by atoms with Gasteiger partial charge in [-0.15, -0.1) is 0 Å². The number of alkyl halides is 1.